The topological polar surface area (TPSA) is 38.0 Å². The van der Waals surface area contributed by atoms with E-state index in [9.17, 15) is 0 Å². The Hall–Kier alpha value is -0.860. The summed E-state index contributed by atoms with van der Waals surface area (Å²) >= 11 is 0. The summed E-state index contributed by atoms with van der Waals surface area (Å²) in [5.41, 5.74) is 8.31. The first-order valence-corrected chi connectivity index (χ1v) is 5.86. The van der Waals surface area contributed by atoms with Gasteiger partial charge in [0.25, 0.3) is 0 Å². The molecule has 0 aliphatic rings. The molecule has 0 amide bonds. The lowest BCUT2D eigenvalue weighted by atomic mass is 10.1. The highest BCUT2D eigenvalue weighted by Crippen LogP contribution is 2.08. The first kappa shape index (κ1) is 12.2. The molecule has 0 fully saturated rings. The second kappa shape index (κ2) is 7.43. The van der Waals surface area contributed by atoms with Gasteiger partial charge in [-0.3, -0.25) is 0 Å². The van der Waals surface area contributed by atoms with Crippen molar-refractivity contribution in [2.24, 2.45) is 5.73 Å². The second-order valence-electron chi connectivity index (χ2n) is 3.79. The molecular weight excluding hydrogens is 184 g/mol. The van der Waals surface area contributed by atoms with Crippen LogP contribution in [-0.4, -0.2) is 13.1 Å². The molecule has 0 spiro atoms. The number of aryl methyl sites for hydroxylation is 1. The van der Waals surface area contributed by atoms with Crippen molar-refractivity contribution in [2.45, 2.75) is 32.7 Å². The average Bonchev–Trinajstić information content (AvgIpc) is 2.29. The van der Waals surface area contributed by atoms with E-state index >= 15 is 0 Å². The van der Waals surface area contributed by atoms with Gasteiger partial charge in [0.15, 0.2) is 0 Å². The third-order valence-corrected chi connectivity index (χ3v) is 2.62. The van der Waals surface area contributed by atoms with Crippen LogP contribution in [0.1, 0.15) is 30.9 Å². The minimum absolute atomic E-state index is 0.799. The van der Waals surface area contributed by atoms with Crippen molar-refractivity contribution in [3.63, 3.8) is 0 Å². The van der Waals surface area contributed by atoms with Crippen LogP contribution in [0.2, 0.25) is 0 Å². The van der Waals surface area contributed by atoms with Crippen LogP contribution in [0.4, 0.5) is 0 Å². The van der Waals surface area contributed by atoms with Crippen molar-refractivity contribution in [3.05, 3.63) is 35.4 Å². The molecule has 0 bridgehead atoms. The Morgan fingerprint density at radius 1 is 1.13 bits per heavy atom. The van der Waals surface area contributed by atoms with Crippen molar-refractivity contribution in [1.29, 1.82) is 0 Å². The Morgan fingerprint density at radius 2 is 1.87 bits per heavy atom. The number of rotatable bonds is 7. The third-order valence-electron chi connectivity index (χ3n) is 2.62. The van der Waals surface area contributed by atoms with Crippen LogP contribution in [0.15, 0.2) is 24.3 Å². The van der Waals surface area contributed by atoms with Crippen LogP contribution in [0.25, 0.3) is 0 Å². The van der Waals surface area contributed by atoms with E-state index in [1.54, 1.807) is 0 Å². The largest absolute Gasteiger partial charge is 0.330 e. The van der Waals surface area contributed by atoms with Gasteiger partial charge in [-0.1, -0.05) is 31.2 Å². The normalized spacial score (nSPS) is 10.5. The van der Waals surface area contributed by atoms with Crippen LogP contribution in [0.5, 0.6) is 0 Å². The third kappa shape index (κ3) is 4.45. The van der Waals surface area contributed by atoms with Crippen LogP contribution < -0.4 is 11.1 Å². The molecule has 0 aliphatic carbocycles. The molecule has 2 heteroatoms. The number of hydrogen-bond acceptors (Lipinski definition) is 2. The van der Waals surface area contributed by atoms with Gasteiger partial charge in [-0.25, -0.2) is 0 Å². The fraction of sp³-hybridized carbons (Fsp3) is 0.538. The van der Waals surface area contributed by atoms with E-state index < -0.39 is 0 Å². The van der Waals surface area contributed by atoms with Crippen molar-refractivity contribution in [2.75, 3.05) is 13.1 Å². The molecule has 0 aromatic heterocycles. The van der Waals surface area contributed by atoms with E-state index in [1.807, 2.05) is 0 Å². The fourth-order valence-corrected chi connectivity index (χ4v) is 1.69. The molecule has 2 nitrogen and oxygen atoms in total. The maximum Gasteiger partial charge on any atom is 0.0208 e. The van der Waals surface area contributed by atoms with Crippen LogP contribution in [-0.2, 0) is 13.0 Å². The number of hydrogen-bond donors (Lipinski definition) is 2. The Bertz CT molecular complexity index is 271. The van der Waals surface area contributed by atoms with Crippen LogP contribution in [0, 0.1) is 0 Å². The van der Waals surface area contributed by atoms with Gasteiger partial charge in [0.1, 0.15) is 0 Å². The zero-order valence-electron chi connectivity index (χ0n) is 9.63. The summed E-state index contributed by atoms with van der Waals surface area (Å²) < 4.78 is 0. The van der Waals surface area contributed by atoms with E-state index in [-0.39, 0.29) is 0 Å². The summed E-state index contributed by atoms with van der Waals surface area (Å²) in [6.07, 6.45) is 3.40. The Balaban J connectivity index is 2.30. The monoisotopic (exact) mass is 206 g/mol. The van der Waals surface area contributed by atoms with Gasteiger partial charge in [0.05, 0.1) is 0 Å². The summed E-state index contributed by atoms with van der Waals surface area (Å²) in [5.74, 6) is 0. The molecule has 1 rings (SSSR count). The molecule has 0 unspecified atom stereocenters. The highest BCUT2D eigenvalue weighted by atomic mass is 14.8. The first-order chi connectivity index (χ1) is 7.38. The Kier molecular flexibility index (Phi) is 6.05. The highest BCUT2D eigenvalue weighted by molar-refractivity contribution is 5.26. The lowest BCUT2D eigenvalue weighted by molar-refractivity contribution is 0.625. The SMILES string of the molecule is CCc1ccccc1CNCCCCN. The molecule has 1 aromatic rings. The summed E-state index contributed by atoms with van der Waals surface area (Å²) in [6, 6.07) is 8.62. The van der Waals surface area contributed by atoms with Gasteiger partial charge in [-0.15, -0.1) is 0 Å². The molecule has 3 N–H and O–H groups in total. The summed E-state index contributed by atoms with van der Waals surface area (Å²) in [7, 11) is 0. The zero-order chi connectivity index (χ0) is 10.9. The highest BCUT2D eigenvalue weighted by Gasteiger charge is 1.98. The van der Waals surface area contributed by atoms with Crippen molar-refractivity contribution in [1.82, 2.24) is 5.32 Å². The smallest absolute Gasteiger partial charge is 0.0208 e. The molecular formula is C13H22N2. The Morgan fingerprint density at radius 3 is 2.53 bits per heavy atom. The number of nitrogens with two attached hydrogens (primary N) is 1. The maximum absolute atomic E-state index is 5.44. The summed E-state index contributed by atoms with van der Waals surface area (Å²) in [4.78, 5) is 0. The first-order valence-electron chi connectivity index (χ1n) is 5.86. The number of nitrogens with one attached hydrogen (secondary N) is 1. The maximum atomic E-state index is 5.44. The van der Waals surface area contributed by atoms with Gasteiger partial charge in [0.2, 0.25) is 0 Å². The van der Waals surface area contributed by atoms with Gasteiger partial charge in [-0.05, 0) is 43.5 Å². The molecule has 15 heavy (non-hydrogen) atoms. The summed E-state index contributed by atoms with van der Waals surface area (Å²) in [5, 5.41) is 3.46. The summed E-state index contributed by atoms with van der Waals surface area (Å²) in [6.45, 7) is 5.05. The molecule has 84 valence electrons. The standard InChI is InChI=1S/C13H22N2/c1-2-12-7-3-4-8-13(12)11-15-10-6-5-9-14/h3-4,7-8,15H,2,5-6,9-11,14H2,1H3. The fourth-order valence-electron chi connectivity index (χ4n) is 1.69. The van der Waals surface area contributed by atoms with E-state index in [2.05, 4.69) is 36.5 Å². The van der Waals surface area contributed by atoms with Crippen molar-refractivity contribution >= 4 is 0 Å². The molecule has 1 aromatic carbocycles. The minimum atomic E-state index is 0.799. The quantitative estimate of drug-likeness (QED) is 0.670. The van der Waals surface area contributed by atoms with E-state index in [0.717, 1.165) is 32.5 Å². The lowest BCUT2D eigenvalue weighted by Crippen LogP contribution is -2.16. The molecule has 0 saturated heterocycles. The molecule has 0 radical (unpaired) electrons. The van der Waals surface area contributed by atoms with Gasteiger partial charge in [-0.2, -0.15) is 0 Å². The molecule has 0 atom stereocenters. The van der Waals surface area contributed by atoms with Crippen LogP contribution >= 0.6 is 0 Å². The van der Waals surface area contributed by atoms with Crippen molar-refractivity contribution < 1.29 is 0 Å². The van der Waals surface area contributed by atoms with Gasteiger partial charge < -0.3 is 11.1 Å². The number of unbranched alkanes of at least 4 members (excludes halogenated alkanes) is 1. The average molecular weight is 206 g/mol. The molecule has 0 heterocycles. The minimum Gasteiger partial charge on any atom is -0.330 e. The van der Waals surface area contributed by atoms with Crippen molar-refractivity contribution in [3.8, 4) is 0 Å². The lowest BCUT2D eigenvalue weighted by Gasteiger charge is -2.08. The molecule has 0 saturated carbocycles. The predicted molar refractivity (Wildman–Crippen MR) is 65.8 cm³/mol. The van der Waals surface area contributed by atoms with Gasteiger partial charge in [0, 0.05) is 6.54 Å². The second-order valence-corrected chi connectivity index (χ2v) is 3.79. The molecule has 0 aliphatic heterocycles. The number of benzene rings is 1. The van der Waals surface area contributed by atoms with E-state index in [1.165, 1.54) is 17.5 Å². The van der Waals surface area contributed by atoms with E-state index in [0.29, 0.717) is 0 Å². The zero-order valence-corrected chi connectivity index (χ0v) is 9.63. The predicted octanol–water partition coefficient (Wildman–Crippen LogP) is 2.08. The van der Waals surface area contributed by atoms with E-state index in [4.69, 9.17) is 5.73 Å². The van der Waals surface area contributed by atoms with Crippen LogP contribution in [0.3, 0.4) is 0 Å². The van der Waals surface area contributed by atoms with Gasteiger partial charge >= 0.3 is 0 Å². The Labute approximate surface area is 92.9 Å².